The van der Waals surface area contributed by atoms with Crippen LogP contribution in [0.1, 0.15) is 18.3 Å². The summed E-state index contributed by atoms with van der Waals surface area (Å²) in [7, 11) is 0. The number of carbonyl (C=O) groups is 2. The molecule has 22 heavy (non-hydrogen) atoms. The Kier molecular flexibility index (Phi) is 3.50. The SMILES string of the molecule is CC1(c2cnccn2)NC(=O)N(Cc2ccc(Cl)cn2)C1=O. The summed E-state index contributed by atoms with van der Waals surface area (Å²) < 4.78 is 0. The van der Waals surface area contributed by atoms with E-state index >= 15 is 0 Å². The second kappa shape index (κ2) is 5.34. The van der Waals surface area contributed by atoms with Crippen molar-refractivity contribution in [1.82, 2.24) is 25.2 Å². The molecule has 0 radical (unpaired) electrons. The third kappa shape index (κ3) is 2.39. The number of amides is 3. The summed E-state index contributed by atoms with van der Waals surface area (Å²) in [6.45, 7) is 1.67. The first-order valence-electron chi connectivity index (χ1n) is 6.52. The van der Waals surface area contributed by atoms with Gasteiger partial charge in [-0.2, -0.15) is 0 Å². The number of nitrogens with one attached hydrogen (secondary N) is 1. The Labute approximate surface area is 131 Å². The third-order valence-electron chi connectivity index (χ3n) is 3.46. The number of aromatic nitrogens is 3. The van der Waals surface area contributed by atoms with Crippen molar-refractivity contribution in [3.05, 3.63) is 53.3 Å². The van der Waals surface area contributed by atoms with Crippen LogP contribution in [0.5, 0.6) is 0 Å². The highest BCUT2D eigenvalue weighted by atomic mass is 35.5. The average molecular weight is 318 g/mol. The van der Waals surface area contributed by atoms with Gasteiger partial charge in [0.1, 0.15) is 0 Å². The van der Waals surface area contributed by atoms with E-state index in [2.05, 4.69) is 20.3 Å². The van der Waals surface area contributed by atoms with Crippen molar-refractivity contribution in [1.29, 1.82) is 0 Å². The van der Waals surface area contributed by atoms with Crippen molar-refractivity contribution in [3.8, 4) is 0 Å². The molecule has 0 aliphatic carbocycles. The maximum atomic E-state index is 12.6. The fraction of sp³-hybridized carbons (Fsp3) is 0.214. The van der Waals surface area contributed by atoms with E-state index in [1.54, 1.807) is 19.1 Å². The van der Waals surface area contributed by atoms with Crippen molar-refractivity contribution in [2.24, 2.45) is 0 Å². The third-order valence-corrected chi connectivity index (χ3v) is 3.68. The second-order valence-corrected chi connectivity index (χ2v) is 5.44. The Hall–Kier alpha value is -2.54. The van der Waals surface area contributed by atoms with Gasteiger partial charge in [0.2, 0.25) is 0 Å². The molecule has 1 aliphatic rings. The zero-order valence-corrected chi connectivity index (χ0v) is 12.4. The molecule has 2 aromatic rings. The number of rotatable bonds is 3. The molecule has 0 spiro atoms. The van der Waals surface area contributed by atoms with E-state index in [0.717, 1.165) is 4.90 Å². The Bertz CT molecular complexity index is 722. The van der Waals surface area contributed by atoms with Crippen LogP contribution >= 0.6 is 11.6 Å². The quantitative estimate of drug-likeness (QED) is 0.867. The zero-order valence-electron chi connectivity index (χ0n) is 11.7. The molecule has 1 N–H and O–H groups in total. The van der Waals surface area contributed by atoms with Crippen LogP contribution in [0.15, 0.2) is 36.9 Å². The summed E-state index contributed by atoms with van der Waals surface area (Å²) in [5, 5.41) is 3.15. The summed E-state index contributed by atoms with van der Waals surface area (Å²) in [4.78, 5) is 38.0. The molecular weight excluding hydrogens is 306 g/mol. The van der Waals surface area contributed by atoms with Crippen LogP contribution in [-0.2, 0) is 16.9 Å². The maximum Gasteiger partial charge on any atom is 0.325 e. The number of urea groups is 1. The smallest absolute Gasteiger partial charge is 0.318 e. The van der Waals surface area contributed by atoms with Crippen molar-refractivity contribution >= 4 is 23.5 Å². The maximum absolute atomic E-state index is 12.6. The topological polar surface area (TPSA) is 88.1 Å². The molecular formula is C14H12ClN5O2. The number of halogens is 1. The van der Waals surface area contributed by atoms with Crippen LogP contribution in [0, 0.1) is 0 Å². The van der Waals surface area contributed by atoms with E-state index in [4.69, 9.17) is 11.6 Å². The van der Waals surface area contributed by atoms with Gasteiger partial charge in [0, 0.05) is 18.6 Å². The lowest BCUT2D eigenvalue weighted by Gasteiger charge is -2.20. The normalized spacial score (nSPS) is 21.1. The molecule has 0 bridgehead atoms. The van der Waals surface area contributed by atoms with Crippen molar-refractivity contribution < 1.29 is 9.59 Å². The summed E-state index contributed by atoms with van der Waals surface area (Å²) >= 11 is 5.77. The van der Waals surface area contributed by atoms with Crippen LogP contribution in [0.4, 0.5) is 4.79 Å². The van der Waals surface area contributed by atoms with E-state index in [9.17, 15) is 9.59 Å². The summed E-state index contributed by atoms with van der Waals surface area (Å²) in [5.74, 6) is -0.394. The highest BCUT2D eigenvalue weighted by molar-refractivity contribution is 6.30. The molecule has 8 heteroatoms. The highest BCUT2D eigenvalue weighted by Crippen LogP contribution is 2.27. The number of carbonyl (C=O) groups excluding carboxylic acids is 2. The fourth-order valence-corrected chi connectivity index (χ4v) is 2.35. The fourth-order valence-electron chi connectivity index (χ4n) is 2.23. The standard InChI is InChI=1S/C14H12ClN5O2/c1-14(11-7-16-4-5-17-11)12(21)20(13(22)19-14)8-10-3-2-9(15)6-18-10/h2-7H,8H2,1H3,(H,19,22). The van der Waals surface area contributed by atoms with Crippen molar-refractivity contribution in [2.45, 2.75) is 19.0 Å². The highest BCUT2D eigenvalue weighted by Gasteiger charge is 2.50. The molecule has 0 saturated carbocycles. The number of imide groups is 1. The molecule has 112 valence electrons. The molecule has 3 heterocycles. The van der Waals surface area contributed by atoms with Gasteiger partial charge >= 0.3 is 6.03 Å². The number of nitrogens with zero attached hydrogens (tertiary/aromatic N) is 4. The molecule has 7 nitrogen and oxygen atoms in total. The minimum atomic E-state index is -1.22. The lowest BCUT2D eigenvalue weighted by atomic mass is 9.98. The molecule has 1 saturated heterocycles. The molecule has 3 rings (SSSR count). The molecule has 1 fully saturated rings. The van der Waals surface area contributed by atoms with Gasteiger partial charge in [-0.3, -0.25) is 24.6 Å². The van der Waals surface area contributed by atoms with Gasteiger partial charge in [0.15, 0.2) is 5.54 Å². The van der Waals surface area contributed by atoms with Gasteiger partial charge in [-0.05, 0) is 19.1 Å². The Balaban J connectivity index is 1.87. The van der Waals surface area contributed by atoms with E-state index in [1.807, 2.05) is 0 Å². The molecule has 2 aromatic heterocycles. The van der Waals surface area contributed by atoms with Gasteiger partial charge in [0.25, 0.3) is 5.91 Å². The van der Waals surface area contributed by atoms with E-state index in [-0.39, 0.29) is 6.54 Å². The van der Waals surface area contributed by atoms with Gasteiger partial charge in [0.05, 0.1) is 29.2 Å². The minimum Gasteiger partial charge on any atom is -0.318 e. The average Bonchev–Trinajstić information content (AvgIpc) is 2.75. The molecule has 1 atom stereocenters. The van der Waals surface area contributed by atoms with E-state index < -0.39 is 17.5 Å². The van der Waals surface area contributed by atoms with Crippen molar-refractivity contribution in [2.75, 3.05) is 0 Å². The van der Waals surface area contributed by atoms with Gasteiger partial charge in [-0.25, -0.2) is 4.79 Å². The number of pyridine rings is 1. The van der Waals surface area contributed by atoms with Crippen molar-refractivity contribution in [3.63, 3.8) is 0 Å². The predicted octanol–water partition coefficient (Wildman–Crippen LogP) is 1.49. The number of hydrogen-bond acceptors (Lipinski definition) is 5. The zero-order chi connectivity index (χ0) is 15.7. The van der Waals surface area contributed by atoms with Crippen LogP contribution in [0.25, 0.3) is 0 Å². The number of hydrogen-bond donors (Lipinski definition) is 1. The molecule has 1 unspecified atom stereocenters. The van der Waals surface area contributed by atoms with Crippen LogP contribution in [0.3, 0.4) is 0 Å². The lowest BCUT2D eigenvalue weighted by Crippen LogP contribution is -2.41. The first kappa shape index (κ1) is 14.4. The minimum absolute atomic E-state index is 0.0672. The Morgan fingerprint density at radius 2 is 2.05 bits per heavy atom. The van der Waals surface area contributed by atoms with Crippen LogP contribution in [0.2, 0.25) is 5.02 Å². The van der Waals surface area contributed by atoms with Crippen LogP contribution < -0.4 is 5.32 Å². The lowest BCUT2D eigenvalue weighted by molar-refractivity contribution is -0.131. The molecule has 0 aromatic carbocycles. The van der Waals surface area contributed by atoms with Gasteiger partial charge < -0.3 is 5.32 Å². The second-order valence-electron chi connectivity index (χ2n) is 5.00. The summed E-state index contributed by atoms with van der Waals surface area (Å²) in [5.41, 5.74) is -0.270. The van der Waals surface area contributed by atoms with E-state index in [0.29, 0.717) is 16.4 Å². The first-order valence-corrected chi connectivity index (χ1v) is 6.89. The Morgan fingerprint density at radius 3 is 2.68 bits per heavy atom. The summed E-state index contributed by atoms with van der Waals surface area (Å²) in [6, 6.07) is 2.83. The molecule has 3 amide bonds. The monoisotopic (exact) mass is 317 g/mol. The Morgan fingerprint density at radius 1 is 1.23 bits per heavy atom. The van der Waals surface area contributed by atoms with Gasteiger partial charge in [-0.1, -0.05) is 11.6 Å². The molecule has 1 aliphatic heterocycles. The first-order chi connectivity index (χ1) is 10.5. The summed E-state index contributed by atoms with van der Waals surface area (Å²) in [6.07, 6.45) is 5.91. The predicted molar refractivity (Wildman–Crippen MR) is 77.7 cm³/mol. The largest absolute Gasteiger partial charge is 0.325 e. The van der Waals surface area contributed by atoms with E-state index in [1.165, 1.54) is 24.8 Å². The van der Waals surface area contributed by atoms with Crippen LogP contribution in [-0.4, -0.2) is 31.8 Å². The van der Waals surface area contributed by atoms with Gasteiger partial charge in [-0.15, -0.1) is 0 Å².